The highest BCUT2D eigenvalue weighted by molar-refractivity contribution is 5.71. The fourth-order valence-electron chi connectivity index (χ4n) is 4.43. The summed E-state index contributed by atoms with van der Waals surface area (Å²) in [4.78, 5) is 14.1. The lowest BCUT2D eigenvalue weighted by atomic mass is 10.1. The van der Waals surface area contributed by atoms with Crippen molar-refractivity contribution in [3.8, 4) is 28.4 Å². The lowest BCUT2D eigenvalue weighted by Gasteiger charge is -2.35. The minimum Gasteiger partial charge on any atom is -0.491 e. The molecule has 3 heterocycles. The molecule has 1 aliphatic rings. The molecule has 0 aliphatic carbocycles. The minimum absolute atomic E-state index is 0.178. The molecule has 0 bridgehead atoms. The molecule has 10 heteroatoms. The van der Waals surface area contributed by atoms with Crippen LogP contribution in [0.25, 0.3) is 22.6 Å². The van der Waals surface area contributed by atoms with Gasteiger partial charge < -0.3 is 24.6 Å². The molecule has 9 nitrogen and oxygen atoms in total. The first-order chi connectivity index (χ1) is 17.3. The molecule has 0 amide bonds. The number of hydrogen-bond donors (Lipinski definition) is 2. The molecule has 2 unspecified atom stereocenters. The Kier molecular flexibility index (Phi) is 8.50. The van der Waals surface area contributed by atoms with Gasteiger partial charge in [-0.1, -0.05) is 17.3 Å². The molecular weight excluding hydrogens is 463 g/mol. The van der Waals surface area contributed by atoms with E-state index in [1.54, 1.807) is 14.0 Å². The maximum absolute atomic E-state index is 13.5. The summed E-state index contributed by atoms with van der Waals surface area (Å²) < 4.78 is 24.7. The number of nitrogens with one attached hydrogen (secondary N) is 1. The Hall–Kier alpha value is -3.08. The van der Waals surface area contributed by atoms with Crippen LogP contribution >= 0.6 is 0 Å². The monoisotopic (exact) mass is 498 g/mol. The number of rotatable bonds is 10. The van der Waals surface area contributed by atoms with E-state index in [4.69, 9.17) is 19.2 Å². The second-order valence-electron chi connectivity index (χ2n) is 9.25. The number of alkyl halides is 1. The van der Waals surface area contributed by atoms with Gasteiger partial charge in [-0.3, -0.25) is 4.90 Å². The van der Waals surface area contributed by atoms with Crippen LogP contribution in [-0.4, -0.2) is 90.3 Å². The van der Waals surface area contributed by atoms with Crippen molar-refractivity contribution < 1.29 is 18.8 Å². The molecule has 2 atom stereocenters. The average Bonchev–Trinajstić information content (AvgIpc) is 3.20. The zero-order valence-electron chi connectivity index (χ0n) is 21.4. The zero-order valence-corrected chi connectivity index (χ0v) is 21.4. The molecule has 3 aromatic rings. The van der Waals surface area contributed by atoms with Gasteiger partial charge in [-0.05, 0) is 40.0 Å². The fraction of sp³-hybridized carbons (Fsp3) is 0.500. The van der Waals surface area contributed by atoms with E-state index in [0.29, 0.717) is 30.4 Å². The molecule has 0 radical (unpaired) electrons. The van der Waals surface area contributed by atoms with Crippen molar-refractivity contribution in [3.63, 3.8) is 0 Å². The summed E-state index contributed by atoms with van der Waals surface area (Å²) in [6.45, 7) is 9.47. The molecule has 2 aromatic heterocycles. The lowest BCUT2D eigenvalue weighted by molar-refractivity contribution is 0.108. The Morgan fingerprint density at radius 3 is 2.61 bits per heavy atom. The van der Waals surface area contributed by atoms with Gasteiger partial charge in [0, 0.05) is 50.9 Å². The molecular formula is C26H35FN6O3. The van der Waals surface area contributed by atoms with Crippen LogP contribution < -0.4 is 15.0 Å². The van der Waals surface area contributed by atoms with Crippen molar-refractivity contribution in [1.82, 2.24) is 25.3 Å². The molecule has 0 saturated carbocycles. The van der Waals surface area contributed by atoms with Gasteiger partial charge >= 0.3 is 0 Å². The number of aliphatic hydroxyl groups is 1. The summed E-state index contributed by atoms with van der Waals surface area (Å²) in [6.07, 6.45) is -1.45. The van der Waals surface area contributed by atoms with E-state index in [1.807, 2.05) is 44.2 Å². The SMILES string of the molecule is CNCC(O)COc1cccc(-c2nc(-c3c(C)noc3C)cc(N3CCN(CC(C)F)CC3)n2)c1. The molecule has 36 heavy (non-hydrogen) atoms. The quantitative estimate of drug-likeness (QED) is 0.437. The van der Waals surface area contributed by atoms with E-state index in [-0.39, 0.29) is 6.61 Å². The second-order valence-corrected chi connectivity index (χ2v) is 9.25. The van der Waals surface area contributed by atoms with E-state index in [0.717, 1.165) is 54.5 Å². The van der Waals surface area contributed by atoms with Gasteiger partial charge in [0.2, 0.25) is 0 Å². The number of benzene rings is 1. The van der Waals surface area contributed by atoms with Crippen LogP contribution in [0.2, 0.25) is 0 Å². The first kappa shape index (κ1) is 26.0. The Morgan fingerprint density at radius 1 is 1.17 bits per heavy atom. The third kappa shape index (κ3) is 6.37. The predicted octanol–water partition coefficient (Wildman–Crippen LogP) is 2.85. The van der Waals surface area contributed by atoms with Gasteiger partial charge in [-0.25, -0.2) is 14.4 Å². The number of aromatic nitrogens is 3. The van der Waals surface area contributed by atoms with Gasteiger partial charge in [0.25, 0.3) is 0 Å². The second kappa shape index (κ2) is 11.8. The van der Waals surface area contributed by atoms with E-state index >= 15 is 0 Å². The number of nitrogens with zero attached hydrogens (tertiary/aromatic N) is 5. The Labute approximate surface area is 211 Å². The number of hydrogen-bond acceptors (Lipinski definition) is 9. The molecule has 1 aromatic carbocycles. The van der Waals surface area contributed by atoms with E-state index in [9.17, 15) is 9.50 Å². The van der Waals surface area contributed by atoms with E-state index < -0.39 is 12.3 Å². The number of aliphatic hydroxyl groups excluding tert-OH is 1. The first-order valence-electron chi connectivity index (χ1n) is 12.3. The summed E-state index contributed by atoms with van der Waals surface area (Å²) >= 11 is 0. The van der Waals surface area contributed by atoms with Crippen LogP contribution in [0.15, 0.2) is 34.9 Å². The van der Waals surface area contributed by atoms with Crippen LogP contribution in [0.1, 0.15) is 18.4 Å². The van der Waals surface area contributed by atoms with E-state index in [1.165, 1.54) is 0 Å². The molecule has 2 N–H and O–H groups in total. The maximum Gasteiger partial charge on any atom is 0.162 e. The normalized spacial score (nSPS) is 16.2. The number of anilines is 1. The third-order valence-corrected chi connectivity index (χ3v) is 6.18. The Bertz CT molecular complexity index is 1130. The van der Waals surface area contributed by atoms with Crippen LogP contribution in [-0.2, 0) is 0 Å². The van der Waals surface area contributed by atoms with Crippen molar-refractivity contribution in [1.29, 1.82) is 0 Å². The summed E-state index contributed by atoms with van der Waals surface area (Å²) in [5, 5.41) is 17.0. The van der Waals surface area contributed by atoms with Crippen LogP contribution in [0.3, 0.4) is 0 Å². The molecule has 194 valence electrons. The van der Waals surface area contributed by atoms with Crippen molar-refractivity contribution in [2.45, 2.75) is 33.0 Å². The smallest absolute Gasteiger partial charge is 0.162 e. The van der Waals surface area contributed by atoms with Crippen LogP contribution in [0.4, 0.5) is 10.2 Å². The standard InChI is InChI=1S/C26H35FN6O3/c1-17(27)15-32-8-10-33(11-9-32)24-13-23(25-18(2)31-36-19(25)3)29-26(30-24)20-6-5-7-22(12-20)35-16-21(34)14-28-4/h5-7,12-13,17,21,28,34H,8-11,14-16H2,1-4H3. The number of halogens is 1. The molecule has 1 saturated heterocycles. The summed E-state index contributed by atoms with van der Waals surface area (Å²) in [6, 6.07) is 9.52. The van der Waals surface area contributed by atoms with Crippen molar-refractivity contribution >= 4 is 5.82 Å². The van der Waals surface area contributed by atoms with Gasteiger partial charge in [-0.15, -0.1) is 0 Å². The summed E-state index contributed by atoms with van der Waals surface area (Å²) in [5.41, 5.74) is 3.16. The molecule has 0 spiro atoms. The highest BCUT2D eigenvalue weighted by Crippen LogP contribution is 2.31. The fourth-order valence-corrected chi connectivity index (χ4v) is 4.43. The number of piperazine rings is 1. The van der Waals surface area contributed by atoms with E-state index in [2.05, 4.69) is 20.3 Å². The number of likely N-dealkylation sites (N-methyl/N-ethyl adjacent to an activating group) is 1. The van der Waals surface area contributed by atoms with Gasteiger partial charge in [0.1, 0.15) is 36.2 Å². The Morgan fingerprint density at radius 2 is 1.94 bits per heavy atom. The van der Waals surface area contributed by atoms with Crippen LogP contribution in [0, 0.1) is 13.8 Å². The average molecular weight is 499 g/mol. The van der Waals surface area contributed by atoms with Crippen LogP contribution in [0.5, 0.6) is 5.75 Å². The minimum atomic E-state index is -0.845. The third-order valence-electron chi connectivity index (χ3n) is 6.18. The number of ether oxygens (including phenoxy) is 1. The molecule has 4 rings (SSSR count). The lowest BCUT2D eigenvalue weighted by Crippen LogP contribution is -2.48. The van der Waals surface area contributed by atoms with Crippen molar-refractivity contribution in [3.05, 3.63) is 41.8 Å². The van der Waals surface area contributed by atoms with Gasteiger partial charge in [0.05, 0.1) is 17.0 Å². The van der Waals surface area contributed by atoms with Gasteiger partial charge in [-0.2, -0.15) is 0 Å². The molecule has 1 aliphatic heterocycles. The maximum atomic E-state index is 13.5. The Balaban J connectivity index is 1.64. The topological polar surface area (TPSA) is 99.8 Å². The summed E-state index contributed by atoms with van der Waals surface area (Å²) in [7, 11) is 1.78. The first-order valence-corrected chi connectivity index (χ1v) is 12.3. The predicted molar refractivity (Wildman–Crippen MR) is 137 cm³/mol. The summed E-state index contributed by atoms with van der Waals surface area (Å²) in [5.74, 6) is 2.69. The van der Waals surface area contributed by atoms with Crippen molar-refractivity contribution in [2.24, 2.45) is 0 Å². The number of aryl methyl sites for hydroxylation is 2. The highest BCUT2D eigenvalue weighted by atomic mass is 19.1. The van der Waals surface area contributed by atoms with Gasteiger partial charge in [0.15, 0.2) is 5.82 Å². The zero-order chi connectivity index (χ0) is 25.7. The van der Waals surface area contributed by atoms with Crippen molar-refractivity contribution in [2.75, 3.05) is 57.8 Å². The largest absolute Gasteiger partial charge is 0.491 e. The highest BCUT2D eigenvalue weighted by Gasteiger charge is 2.23. The molecule has 1 fully saturated rings.